The number of hydrogen-bond acceptors (Lipinski definition) is 3. The molecule has 0 aromatic heterocycles. The minimum atomic E-state index is -0.333. The zero-order valence-corrected chi connectivity index (χ0v) is 14.7. The van der Waals surface area contributed by atoms with Gasteiger partial charge < -0.3 is 9.80 Å². The summed E-state index contributed by atoms with van der Waals surface area (Å²) in [6.07, 6.45) is 1.88. The number of carbonyl (C=O) groups excluding carboxylic acids is 3. The van der Waals surface area contributed by atoms with Crippen molar-refractivity contribution in [2.45, 2.75) is 25.8 Å². The topological polar surface area (TPSA) is 60.9 Å². The average molecular weight is 351 g/mol. The van der Waals surface area contributed by atoms with Gasteiger partial charge in [0.05, 0.1) is 5.69 Å². The van der Waals surface area contributed by atoms with E-state index in [1.165, 1.54) is 0 Å². The predicted octanol–water partition coefficient (Wildman–Crippen LogP) is 2.62. The van der Waals surface area contributed by atoms with Crippen molar-refractivity contribution in [1.82, 2.24) is 9.80 Å². The lowest BCUT2D eigenvalue weighted by Crippen LogP contribution is -2.43. The Morgan fingerprint density at radius 1 is 1.12 bits per heavy atom. The van der Waals surface area contributed by atoms with E-state index in [9.17, 15) is 14.4 Å². The molecule has 0 bridgehead atoms. The summed E-state index contributed by atoms with van der Waals surface area (Å²) < 4.78 is 0. The van der Waals surface area contributed by atoms with E-state index in [-0.39, 0.29) is 37.0 Å². The molecule has 0 unspecified atom stereocenters. The molecule has 2 aliphatic rings. The molecule has 2 aromatic rings. The molecule has 0 spiro atoms. The van der Waals surface area contributed by atoms with Gasteiger partial charge in [-0.05, 0) is 31.2 Å². The van der Waals surface area contributed by atoms with Crippen molar-refractivity contribution in [2.24, 2.45) is 0 Å². The van der Waals surface area contributed by atoms with E-state index in [1.807, 2.05) is 49.4 Å². The minimum absolute atomic E-state index is 0.0944. The highest BCUT2D eigenvalue weighted by Gasteiger charge is 2.44. The first-order valence-electron chi connectivity index (χ1n) is 8.99. The lowest BCUT2D eigenvalue weighted by molar-refractivity contribution is -0.129. The number of benzene rings is 2. The fraction of sp³-hybridized carbons (Fsp3) is 0.350. The van der Waals surface area contributed by atoms with Gasteiger partial charge in [-0.3, -0.25) is 14.5 Å². The molecule has 2 aromatic carbocycles. The first kappa shape index (κ1) is 16.6. The number of likely N-dealkylation sites (N-methyl/N-ethyl adjacent to an activating group) is 1. The Labute approximate surface area is 152 Å². The number of fused-ring (bicyclic) bond motifs is 1. The van der Waals surface area contributed by atoms with Crippen LogP contribution in [0, 0.1) is 0 Å². The van der Waals surface area contributed by atoms with Crippen LogP contribution >= 0.6 is 0 Å². The van der Waals surface area contributed by atoms with Gasteiger partial charge in [-0.1, -0.05) is 36.4 Å². The third-order valence-electron chi connectivity index (χ3n) is 5.04. The molecule has 1 aliphatic heterocycles. The number of hydrogen-bond donors (Lipinski definition) is 0. The third-order valence-corrected chi connectivity index (χ3v) is 5.04. The van der Waals surface area contributed by atoms with Crippen LogP contribution in [0.15, 0.2) is 42.5 Å². The lowest BCUT2D eigenvalue weighted by atomic mass is 10.1. The van der Waals surface area contributed by atoms with Gasteiger partial charge in [0.15, 0.2) is 0 Å². The molecule has 4 amide bonds. The van der Waals surface area contributed by atoms with Gasteiger partial charge in [0.2, 0.25) is 5.91 Å². The zero-order valence-electron chi connectivity index (χ0n) is 14.7. The maximum absolute atomic E-state index is 12.9. The Kier molecular flexibility index (Phi) is 4.11. The standard InChI is InChI=1S/C20H21N3O3/c1-2-21(17-9-5-7-14-6-3-4-8-16(14)17)18(24)13-23-19(25)12-22(20(23)26)15-10-11-15/h3-9,15H,2,10-13H2,1H3. The van der Waals surface area contributed by atoms with E-state index in [0.717, 1.165) is 34.2 Å². The molecule has 1 aliphatic carbocycles. The Balaban J connectivity index is 1.58. The van der Waals surface area contributed by atoms with Crippen molar-refractivity contribution >= 4 is 34.3 Å². The molecule has 6 nitrogen and oxygen atoms in total. The van der Waals surface area contributed by atoms with E-state index in [1.54, 1.807) is 9.80 Å². The van der Waals surface area contributed by atoms with Gasteiger partial charge >= 0.3 is 6.03 Å². The smallest absolute Gasteiger partial charge is 0.312 e. The second-order valence-corrected chi connectivity index (χ2v) is 6.76. The van der Waals surface area contributed by atoms with E-state index >= 15 is 0 Å². The molecule has 0 radical (unpaired) electrons. The van der Waals surface area contributed by atoms with Crippen LogP contribution in [0.1, 0.15) is 19.8 Å². The summed E-state index contributed by atoms with van der Waals surface area (Å²) in [5, 5.41) is 2.02. The average Bonchev–Trinajstić information content (AvgIpc) is 3.45. The fourth-order valence-electron chi connectivity index (χ4n) is 3.53. The lowest BCUT2D eigenvalue weighted by Gasteiger charge is -2.25. The van der Waals surface area contributed by atoms with Crippen molar-refractivity contribution in [3.05, 3.63) is 42.5 Å². The Hall–Kier alpha value is -2.89. The van der Waals surface area contributed by atoms with Crippen LogP contribution < -0.4 is 4.90 Å². The van der Waals surface area contributed by atoms with E-state index in [0.29, 0.717) is 6.54 Å². The quantitative estimate of drug-likeness (QED) is 0.778. The van der Waals surface area contributed by atoms with Gasteiger partial charge in [0.1, 0.15) is 13.1 Å². The molecule has 1 saturated carbocycles. The number of rotatable bonds is 5. The van der Waals surface area contributed by atoms with E-state index in [4.69, 9.17) is 0 Å². The van der Waals surface area contributed by atoms with Gasteiger partial charge in [0.25, 0.3) is 5.91 Å². The van der Waals surface area contributed by atoms with Gasteiger partial charge in [0, 0.05) is 18.0 Å². The predicted molar refractivity (Wildman–Crippen MR) is 98.8 cm³/mol. The number of anilines is 1. The molecule has 0 atom stereocenters. The van der Waals surface area contributed by atoms with Crippen LogP contribution in [-0.4, -0.2) is 53.3 Å². The number of carbonyl (C=O) groups is 3. The fourth-order valence-corrected chi connectivity index (χ4v) is 3.53. The van der Waals surface area contributed by atoms with Gasteiger partial charge in [-0.2, -0.15) is 0 Å². The summed E-state index contributed by atoms with van der Waals surface area (Å²) in [7, 11) is 0. The molecule has 1 saturated heterocycles. The summed E-state index contributed by atoms with van der Waals surface area (Å²) in [6.45, 7) is 2.24. The van der Waals surface area contributed by atoms with Crippen molar-refractivity contribution in [3.63, 3.8) is 0 Å². The second kappa shape index (κ2) is 6.44. The molecule has 4 rings (SSSR count). The number of imide groups is 1. The largest absolute Gasteiger partial charge is 0.327 e. The maximum atomic E-state index is 12.9. The summed E-state index contributed by atoms with van der Waals surface area (Å²) in [5.74, 6) is -0.535. The molecule has 1 heterocycles. The molecule has 0 N–H and O–H groups in total. The molecular weight excluding hydrogens is 330 g/mol. The summed E-state index contributed by atoms with van der Waals surface area (Å²) >= 11 is 0. The van der Waals surface area contributed by atoms with Crippen LogP contribution in [0.4, 0.5) is 10.5 Å². The van der Waals surface area contributed by atoms with Crippen LogP contribution in [0.5, 0.6) is 0 Å². The Morgan fingerprint density at radius 2 is 1.85 bits per heavy atom. The summed E-state index contributed by atoms with van der Waals surface area (Å²) in [4.78, 5) is 41.9. The highest BCUT2D eigenvalue weighted by molar-refractivity contribution is 6.09. The van der Waals surface area contributed by atoms with E-state index < -0.39 is 0 Å². The van der Waals surface area contributed by atoms with Crippen LogP contribution in [0.25, 0.3) is 10.8 Å². The summed E-state index contributed by atoms with van der Waals surface area (Å²) in [6, 6.07) is 13.5. The van der Waals surface area contributed by atoms with Gasteiger partial charge in [-0.15, -0.1) is 0 Å². The molecule has 26 heavy (non-hydrogen) atoms. The van der Waals surface area contributed by atoms with Crippen LogP contribution in [-0.2, 0) is 9.59 Å². The highest BCUT2D eigenvalue weighted by atomic mass is 16.2. The molecule has 6 heteroatoms. The third kappa shape index (κ3) is 2.81. The van der Waals surface area contributed by atoms with Crippen molar-refractivity contribution < 1.29 is 14.4 Å². The Bertz CT molecular complexity index is 886. The SMILES string of the molecule is CCN(C(=O)CN1C(=O)CN(C2CC2)C1=O)c1cccc2ccccc12. The van der Waals surface area contributed by atoms with Crippen LogP contribution in [0.2, 0.25) is 0 Å². The first-order chi connectivity index (χ1) is 12.6. The molecular formula is C20H21N3O3. The van der Waals surface area contributed by atoms with Crippen molar-refractivity contribution in [1.29, 1.82) is 0 Å². The number of urea groups is 1. The number of amides is 4. The monoisotopic (exact) mass is 351 g/mol. The van der Waals surface area contributed by atoms with Crippen molar-refractivity contribution in [3.8, 4) is 0 Å². The van der Waals surface area contributed by atoms with E-state index in [2.05, 4.69) is 0 Å². The molecule has 2 fully saturated rings. The highest BCUT2D eigenvalue weighted by Crippen LogP contribution is 2.31. The summed E-state index contributed by atoms with van der Waals surface area (Å²) in [5.41, 5.74) is 0.800. The zero-order chi connectivity index (χ0) is 18.3. The maximum Gasteiger partial charge on any atom is 0.327 e. The molecule has 134 valence electrons. The normalized spacial score (nSPS) is 17.3. The van der Waals surface area contributed by atoms with Crippen LogP contribution in [0.3, 0.4) is 0 Å². The minimum Gasteiger partial charge on any atom is -0.312 e. The van der Waals surface area contributed by atoms with Gasteiger partial charge in [-0.25, -0.2) is 4.79 Å². The second-order valence-electron chi connectivity index (χ2n) is 6.76. The number of nitrogens with zero attached hydrogens (tertiary/aromatic N) is 3. The first-order valence-corrected chi connectivity index (χ1v) is 8.99. The Morgan fingerprint density at radius 3 is 2.58 bits per heavy atom. The van der Waals surface area contributed by atoms with Crippen molar-refractivity contribution in [2.75, 3.05) is 24.5 Å².